The zero-order chi connectivity index (χ0) is 21.8. The number of ether oxygens (including phenoxy) is 2. The fraction of sp³-hybridized carbons (Fsp3) is 0.364. The molecule has 0 atom stereocenters. The maximum Gasteiger partial charge on any atom is 0.253 e. The van der Waals surface area contributed by atoms with Crippen molar-refractivity contribution >= 4 is 40.7 Å². The minimum absolute atomic E-state index is 0.197. The number of hydrogen-bond acceptors (Lipinski definition) is 4. The molecule has 0 aliphatic heterocycles. The second-order valence-electron chi connectivity index (χ2n) is 6.43. The van der Waals surface area contributed by atoms with E-state index in [0.717, 1.165) is 6.42 Å². The first kappa shape index (κ1) is 24.0. The lowest BCUT2D eigenvalue weighted by atomic mass is 10.1. The second-order valence-corrected chi connectivity index (χ2v) is 7.27. The van der Waals surface area contributed by atoms with Crippen molar-refractivity contribution in [3.63, 3.8) is 0 Å². The van der Waals surface area contributed by atoms with Crippen molar-refractivity contribution in [3.05, 3.63) is 58.1 Å². The van der Waals surface area contributed by atoms with Crippen molar-refractivity contribution < 1.29 is 19.1 Å². The fourth-order valence-electron chi connectivity index (χ4n) is 2.63. The van der Waals surface area contributed by atoms with Crippen LogP contribution >= 0.6 is 23.2 Å². The van der Waals surface area contributed by atoms with Gasteiger partial charge in [0.25, 0.3) is 5.91 Å². The quantitative estimate of drug-likeness (QED) is 0.446. The summed E-state index contributed by atoms with van der Waals surface area (Å²) in [5, 5.41) is 6.59. The third kappa shape index (κ3) is 8.22. The van der Waals surface area contributed by atoms with Crippen LogP contribution in [0.2, 0.25) is 10.0 Å². The van der Waals surface area contributed by atoms with Gasteiger partial charge in [0.2, 0.25) is 5.91 Å². The average Bonchev–Trinajstić information content (AvgIpc) is 2.72. The molecule has 0 unspecified atom stereocenters. The van der Waals surface area contributed by atoms with Crippen molar-refractivity contribution in [3.8, 4) is 5.75 Å². The molecule has 2 aromatic rings. The van der Waals surface area contributed by atoms with Gasteiger partial charge in [0, 0.05) is 31.2 Å². The third-order valence-corrected chi connectivity index (χ3v) is 4.63. The molecule has 30 heavy (non-hydrogen) atoms. The van der Waals surface area contributed by atoms with Crippen molar-refractivity contribution in [1.82, 2.24) is 5.32 Å². The molecule has 0 aliphatic rings. The Kier molecular flexibility index (Phi) is 10.5. The van der Waals surface area contributed by atoms with E-state index in [1.54, 1.807) is 42.5 Å². The SMILES string of the molecule is CCOCCCNC(=O)c1ccccc1NC(=O)CCCOc1ccc(Cl)cc1Cl. The Labute approximate surface area is 186 Å². The molecule has 0 aliphatic carbocycles. The summed E-state index contributed by atoms with van der Waals surface area (Å²) < 4.78 is 10.8. The Hall–Kier alpha value is -2.28. The summed E-state index contributed by atoms with van der Waals surface area (Å²) in [4.78, 5) is 24.7. The number of benzene rings is 2. The molecule has 0 radical (unpaired) electrons. The Morgan fingerprint density at radius 3 is 2.60 bits per heavy atom. The highest BCUT2D eigenvalue weighted by molar-refractivity contribution is 6.35. The van der Waals surface area contributed by atoms with Gasteiger partial charge in [-0.1, -0.05) is 35.3 Å². The summed E-state index contributed by atoms with van der Waals surface area (Å²) in [6, 6.07) is 11.9. The third-order valence-electron chi connectivity index (χ3n) is 4.10. The predicted octanol–water partition coefficient (Wildman–Crippen LogP) is 4.95. The van der Waals surface area contributed by atoms with Gasteiger partial charge in [-0.15, -0.1) is 0 Å². The monoisotopic (exact) mass is 452 g/mol. The lowest BCUT2D eigenvalue weighted by Gasteiger charge is -2.12. The molecule has 162 valence electrons. The van der Waals surface area contributed by atoms with Crippen LogP contribution < -0.4 is 15.4 Å². The Morgan fingerprint density at radius 2 is 1.83 bits per heavy atom. The summed E-state index contributed by atoms with van der Waals surface area (Å²) in [7, 11) is 0. The van der Waals surface area contributed by atoms with Gasteiger partial charge in [-0.05, 0) is 50.1 Å². The summed E-state index contributed by atoms with van der Waals surface area (Å²) in [6.07, 6.45) is 1.47. The van der Waals surface area contributed by atoms with Crippen LogP contribution in [0.4, 0.5) is 5.69 Å². The minimum atomic E-state index is -0.233. The van der Waals surface area contributed by atoms with Crippen LogP contribution in [0.1, 0.15) is 36.5 Å². The number of hydrogen-bond donors (Lipinski definition) is 2. The Morgan fingerprint density at radius 1 is 1.03 bits per heavy atom. The molecule has 0 saturated carbocycles. The molecule has 0 spiro atoms. The maximum absolute atomic E-state index is 12.4. The van der Waals surface area contributed by atoms with Gasteiger partial charge in [-0.25, -0.2) is 0 Å². The summed E-state index contributed by atoms with van der Waals surface area (Å²) in [5.74, 6) is 0.0911. The molecule has 0 fully saturated rings. The van der Waals surface area contributed by atoms with Gasteiger partial charge in [-0.3, -0.25) is 9.59 Å². The van der Waals surface area contributed by atoms with Gasteiger partial charge in [0.1, 0.15) is 5.75 Å². The molecule has 6 nitrogen and oxygen atoms in total. The molecule has 0 aromatic heterocycles. The van der Waals surface area contributed by atoms with Gasteiger partial charge < -0.3 is 20.1 Å². The van der Waals surface area contributed by atoms with E-state index in [1.807, 2.05) is 6.92 Å². The van der Waals surface area contributed by atoms with Crippen LogP contribution in [0.25, 0.3) is 0 Å². The van der Waals surface area contributed by atoms with Crippen molar-refractivity contribution in [2.75, 3.05) is 31.7 Å². The predicted molar refractivity (Wildman–Crippen MR) is 120 cm³/mol. The molecule has 2 aromatic carbocycles. The molecule has 2 rings (SSSR count). The standard InChI is InChI=1S/C22H26Cl2N2O4/c1-2-29-13-6-12-25-22(28)17-7-3-4-8-19(17)26-21(27)9-5-14-30-20-11-10-16(23)15-18(20)24/h3-4,7-8,10-11,15H,2,5-6,9,12-14H2,1H3,(H,25,28)(H,26,27). The van der Waals surface area contributed by atoms with E-state index in [2.05, 4.69) is 10.6 Å². The van der Waals surface area contributed by atoms with E-state index in [-0.39, 0.29) is 18.2 Å². The minimum Gasteiger partial charge on any atom is -0.492 e. The Balaban J connectivity index is 1.78. The van der Waals surface area contributed by atoms with Crippen LogP contribution in [0.15, 0.2) is 42.5 Å². The van der Waals surface area contributed by atoms with Crippen LogP contribution in [0.5, 0.6) is 5.75 Å². The molecule has 2 N–H and O–H groups in total. The number of amides is 2. The number of nitrogens with one attached hydrogen (secondary N) is 2. The largest absolute Gasteiger partial charge is 0.492 e. The highest BCUT2D eigenvalue weighted by Gasteiger charge is 2.13. The van der Waals surface area contributed by atoms with E-state index in [9.17, 15) is 9.59 Å². The van der Waals surface area contributed by atoms with Crippen molar-refractivity contribution in [1.29, 1.82) is 0 Å². The molecule has 0 bridgehead atoms. The van der Waals surface area contributed by atoms with E-state index >= 15 is 0 Å². The number of rotatable bonds is 12. The van der Waals surface area contributed by atoms with E-state index in [4.69, 9.17) is 32.7 Å². The summed E-state index contributed by atoms with van der Waals surface area (Å²) in [6.45, 7) is 4.01. The molecule has 0 saturated heterocycles. The number of carbonyl (C=O) groups is 2. The van der Waals surface area contributed by atoms with E-state index in [1.165, 1.54) is 0 Å². The van der Waals surface area contributed by atoms with Crippen LogP contribution in [0.3, 0.4) is 0 Å². The number of halogens is 2. The summed E-state index contributed by atoms with van der Waals surface area (Å²) in [5.41, 5.74) is 0.901. The van der Waals surface area contributed by atoms with Crippen molar-refractivity contribution in [2.45, 2.75) is 26.2 Å². The van der Waals surface area contributed by atoms with Gasteiger partial charge in [-0.2, -0.15) is 0 Å². The first-order valence-electron chi connectivity index (χ1n) is 9.84. The molecule has 2 amide bonds. The number of para-hydroxylation sites is 1. The maximum atomic E-state index is 12.4. The highest BCUT2D eigenvalue weighted by atomic mass is 35.5. The molecular weight excluding hydrogens is 427 g/mol. The van der Waals surface area contributed by atoms with Gasteiger partial charge >= 0.3 is 0 Å². The van der Waals surface area contributed by atoms with Crippen LogP contribution in [-0.2, 0) is 9.53 Å². The lowest BCUT2D eigenvalue weighted by molar-refractivity contribution is -0.116. The number of anilines is 1. The van der Waals surface area contributed by atoms with E-state index < -0.39 is 0 Å². The zero-order valence-corrected chi connectivity index (χ0v) is 18.4. The first-order chi connectivity index (χ1) is 14.5. The molecule has 0 heterocycles. The second kappa shape index (κ2) is 13.1. The molecule has 8 heteroatoms. The zero-order valence-electron chi connectivity index (χ0n) is 16.9. The van der Waals surface area contributed by atoms with Gasteiger partial charge in [0.05, 0.1) is 22.9 Å². The topological polar surface area (TPSA) is 76.7 Å². The molecular formula is C22H26Cl2N2O4. The summed E-state index contributed by atoms with van der Waals surface area (Å²) >= 11 is 11.9. The normalized spacial score (nSPS) is 10.5. The first-order valence-corrected chi connectivity index (χ1v) is 10.6. The fourth-order valence-corrected chi connectivity index (χ4v) is 3.09. The van der Waals surface area contributed by atoms with E-state index in [0.29, 0.717) is 59.8 Å². The lowest BCUT2D eigenvalue weighted by Crippen LogP contribution is -2.26. The average molecular weight is 453 g/mol. The number of carbonyl (C=O) groups excluding carboxylic acids is 2. The van der Waals surface area contributed by atoms with Crippen LogP contribution in [0, 0.1) is 0 Å². The van der Waals surface area contributed by atoms with Crippen LogP contribution in [-0.4, -0.2) is 38.2 Å². The highest BCUT2D eigenvalue weighted by Crippen LogP contribution is 2.27. The Bertz CT molecular complexity index is 846. The van der Waals surface area contributed by atoms with Crippen molar-refractivity contribution in [2.24, 2.45) is 0 Å². The van der Waals surface area contributed by atoms with Gasteiger partial charge in [0.15, 0.2) is 0 Å². The smallest absolute Gasteiger partial charge is 0.253 e.